The minimum absolute atomic E-state index is 0.0985. The van der Waals surface area contributed by atoms with Crippen LogP contribution < -0.4 is 11.1 Å². The normalized spacial score (nSPS) is 9.40. The van der Waals surface area contributed by atoms with Gasteiger partial charge in [-0.15, -0.1) is 0 Å². The number of urea groups is 1. The van der Waals surface area contributed by atoms with Crippen LogP contribution in [0, 0.1) is 0 Å². The number of likely N-dealkylation sites (N-methyl/N-ethyl adjacent to an activating group) is 1. The van der Waals surface area contributed by atoms with Crippen molar-refractivity contribution in [3.63, 3.8) is 0 Å². The first-order valence-corrected chi connectivity index (χ1v) is 4.45. The van der Waals surface area contributed by atoms with Gasteiger partial charge in [0.05, 0.1) is 0 Å². The van der Waals surface area contributed by atoms with E-state index in [1.165, 1.54) is 11.9 Å². The lowest BCUT2D eigenvalue weighted by atomic mass is 10.3. The SMILES string of the molecule is CN(CC(N)=O)C(=O)Nc1ccccc1. The average Bonchev–Trinajstić information content (AvgIpc) is 2.18. The van der Waals surface area contributed by atoms with Crippen LogP contribution in [-0.4, -0.2) is 30.4 Å². The van der Waals surface area contributed by atoms with Crippen LogP contribution >= 0.6 is 0 Å². The van der Waals surface area contributed by atoms with Gasteiger partial charge in [0, 0.05) is 12.7 Å². The molecule has 0 radical (unpaired) electrons. The summed E-state index contributed by atoms with van der Waals surface area (Å²) in [7, 11) is 1.50. The molecule has 0 saturated heterocycles. The molecule has 0 heterocycles. The largest absolute Gasteiger partial charge is 0.368 e. The Morgan fingerprint density at radius 2 is 1.93 bits per heavy atom. The number of nitrogens with one attached hydrogen (secondary N) is 1. The molecule has 80 valence electrons. The van der Waals surface area contributed by atoms with Crippen LogP contribution in [0.3, 0.4) is 0 Å². The number of nitrogens with zero attached hydrogens (tertiary/aromatic N) is 1. The molecule has 0 bridgehead atoms. The summed E-state index contributed by atoms with van der Waals surface area (Å²) in [5.41, 5.74) is 5.64. The van der Waals surface area contributed by atoms with Crippen molar-refractivity contribution >= 4 is 17.6 Å². The number of hydrogen-bond donors (Lipinski definition) is 2. The molecule has 0 atom stereocenters. The Hall–Kier alpha value is -2.04. The van der Waals surface area contributed by atoms with Crippen LogP contribution in [0.2, 0.25) is 0 Å². The highest BCUT2D eigenvalue weighted by Crippen LogP contribution is 2.05. The highest BCUT2D eigenvalue weighted by molar-refractivity contribution is 5.91. The second-order valence-corrected chi connectivity index (χ2v) is 3.12. The lowest BCUT2D eigenvalue weighted by molar-refractivity contribution is -0.118. The van der Waals surface area contributed by atoms with E-state index in [9.17, 15) is 9.59 Å². The van der Waals surface area contributed by atoms with E-state index in [0.717, 1.165) is 0 Å². The Morgan fingerprint density at radius 1 is 1.33 bits per heavy atom. The molecule has 1 rings (SSSR count). The molecule has 1 aromatic rings. The third kappa shape index (κ3) is 3.68. The number of amides is 3. The fourth-order valence-electron chi connectivity index (χ4n) is 1.05. The summed E-state index contributed by atoms with van der Waals surface area (Å²) in [6, 6.07) is 8.63. The molecule has 5 heteroatoms. The molecular formula is C10H13N3O2. The van der Waals surface area contributed by atoms with Gasteiger partial charge in [0.15, 0.2) is 0 Å². The zero-order valence-electron chi connectivity index (χ0n) is 8.43. The molecule has 3 N–H and O–H groups in total. The van der Waals surface area contributed by atoms with E-state index in [2.05, 4.69) is 5.32 Å². The lowest BCUT2D eigenvalue weighted by Crippen LogP contribution is -2.38. The number of primary amides is 1. The summed E-state index contributed by atoms with van der Waals surface area (Å²) >= 11 is 0. The molecule has 0 aliphatic carbocycles. The minimum atomic E-state index is -0.541. The molecule has 1 aromatic carbocycles. The smallest absolute Gasteiger partial charge is 0.322 e. The first-order valence-electron chi connectivity index (χ1n) is 4.45. The van der Waals surface area contributed by atoms with Gasteiger partial charge < -0.3 is 16.0 Å². The van der Waals surface area contributed by atoms with Crippen molar-refractivity contribution in [2.75, 3.05) is 18.9 Å². The predicted molar refractivity (Wildman–Crippen MR) is 57.3 cm³/mol. The van der Waals surface area contributed by atoms with Crippen molar-refractivity contribution in [1.82, 2.24) is 4.90 Å². The molecule has 0 spiro atoms. The van der Waals surface area contributed by atoms with E-state index in [1.807, 2.05) is 18.2 Å². The number of nitrogens with two attached hydrogens (primary N) is 1. The predicted octanol–water partition coefficient (Wildman–Crippen LogP) is 0.636. The number of carbonyl (C=O) groups is 2. The molecular weight excluding hydrogens is 194 g/mol. The van der Waals surface area contributed by atoms with Crippen molar-refractivity contribution in [2.45, 2.75) is 0 Å². The Morgan fingerprint density at radius 3 is 2.47 bits per heavy atom. The molecule has 15 heavy (non-hydrogen) atoms. The quantitative estimate of drug-likeness (QED) is 0.763. The molecule has 0 saturated carbocycles. The Kier molecular flexibility index (Phi) is 3.68. The van der Waals surface area contributed by atoms with E-state index in [0.29, 0.717) is 5.69 Å². The van der Waals surface area contributed by atoms with Gasteiger partial charge in [-0.25, -0.2) is 4.79 Å². The third-order valence-corrected chi connectivity index (χ3v) is 1.76. The first-order chi connectivity index (χ1) is 7.09. The number of para-hydroxylation sites is 1. The zero-order chi connectivity index (χ0) is 11.3. The van der Waals surface area contributed by atoms with Gasteiger partial charge in [-0.3, -0.25) is 4.79 Å². The van der Waals surface area contributed by atoms with Crippen LogP contribution in [0.15, 0.2) is 30.3 Å². The standard InChI is InChI=1S/C10H13N3O2/c1-13(7-9(11)14)10(15)12-8-5-3-2-4-6-8/h2-6H,7H2,1H3,(H2,11,14)(H,12,15). The number of rotatable bonds is 3. The molecule has 0 aliphatic heterocycles. The number of benzene rings is 1. The van der Waals surface area contributed by atoms with E-state index >= 15 is 0 Å². The van der Waals surface area contributed by atoms with Crippen molar-refractivity contribution in [3.8, 4) is 0 Å². The van der Waals surface area contributed by atoms with Crippen LogP contribution in [0.1, 0.15) is 0 Å². The van der Waals surface area contributed by atoms with Crippen LogP contribution in [0.25, 0.3) is 0 Å². The van der Waals surface area contributed by atoms with Crippen LogP contribution in [0.4, 0.5) is 10.5 Å². The summed E-state index contributed by atoms with van der Waals surface area (Å²) in [4.78, 5) is 23.2. The fourth-order valence-corrected chi connectivity index (χ4v) is 1.05. The van der Waals surface area contributed by atoms with Crippen LogP contribution in [0.5, 0.6) is 0 Å². The average molecular weight is 207 g/mol. The highest BCUT2D eigenvalue weighted by atomic mass is 16.2. The van der Waals surface area contributed by atoms with Gasteiger partial charge >= 0.3 is 6.03 Å². The summed E-state index contributed by atoms with van der Waals surface area (Å²) in [5.74, 6) is -0.541. The Labute approximate surface area is 87.9 Å². The van der Waals surface area contributed by atoms with Crippen LogP contribution in [-0.2, 0) is 4.79 Å². The molecule has 0 fully saturated rings. The first kappa shape index (κ1) is 11.0. The molecule has 3 amide bonds. The van der Waals surface area contributed by atoms with Gasteiger partial charge in [0.25, 0.3) is 0 Å². The zero-order valence-corrected chi connectivity index (χ0v) is 8.43. The number of hydrogen-bond acceptors (Lipinski definition) is 2. The second-order valence-electron chi connectivity index (χ2n) is 3.12. The second kappa shape index (κ2) is 4.99. The highest BCUT2D eigenvalue weighted by Gasteiger charge is 2.10. The summed E-state index contributed by atoms with van der Waals surface area (Å²) in [6.45, 7) is -0.0985. The molecule has 5 nitrogen and oxygen atoms in total. The van der Waals surface area contributed by atoms with Crippen molar-refractivity contribution in [2.24, 2.45) is 5.73 Å². The fraction of sp³-hybridized carbons (Fsp3) is 0.200. The van der Waals surface area contributed by atoms with Gasteiger partial charge in [-0.1, -0.05) is 18.2 Å². The topological polar surface area (TPSA) is 75.4 Å². The van der Waals surface area contributed by atoms with E-state index < -0.39 is 5.91 Å². The maximum atomic E-state index is 11.5. The third-order valence-electron chi connectivity index (χ3n) is 1.76. The number of anilines is 1. The van der Waals surface area contributed by atoms with Gasteiger partial charge in [-0.05, 0) is 12.1 Å². The maximum absolute atomic E-state index is 11.5. The van der Waals surface area contributed by atoms with Gasteiger partial charge in [-0.2, -0.15) is 0 Å². The summed E-state index contributed by atoms with van der Waals surface area (Å²) in [5, 5.41) is 2.63. The van der Waals surface area contributed by atoms with E-state index in [1.54, 1.807) is 12.1 Å². The van der Waals surface area contributed by atoms with E-state index in [-0.39, 0.29) is 12.6 Å². The maximum Gasteiger partial charge on any atom is 0.322 e. The van der Waals surface area contributed by atoms with Gasteiger partial charge in [0.1, 0.15) is 6.54 Å². The van der Waals surface area contributed by atoms with Crippen molar-refractivity contribution in [3.05, 3.63) is 30.3 Å². The van der Waals surface area contributed by atoms with Crippen molar-refractivity contribution in [1.29, 1.82) is 0 Å². The van der Waals surface area contributed by atoms with E-state index in [4.69, 9.17) is 5.73 Å². The minimum Gasteiger partial charge on any atom is -0.368 e. The lowest BCUT2D eigenvalue weighted by Gasteiger charge is -2.15. The Balaban J connectivity index is 2.52. The number of carbonyl (C=O) groups excluding carboxylic acids is 2. The monoisotopic (exact) mass is 207 g/mol. The molecule has 0 unspecified atom stereocenters. The van der Waals surface area contributed by atoms with Gasteiger partial charge in [0.2, 0.25) is 5.91 Å². The molecule has 0 aromatic heterocycles. The van der Waals surface area contributed by atoms with Crippen molar-refractivity contribution < 1.29 is 9.59 Å². The Bertz CT molecular complexity index is 351. The summed E-state index contributed by atoms with van der Waals surface area (Å²) < 4.78 is 0. The molecule has 0 aliphatic rings. The summed E-state index contributed by atoms with van der Waals surface area (Å²) in [6.07, 6.45) is 0.